The van der Waals surface area contributed by atoms with Crippen LogP contribution >= 0.6 is 0 Å². The molecule has 0 unspecified atom stereocenters. The van der Waals surface area contributed by atoms with Gasteiger partial charge >= 0.3 is 5.97 Å². The van der Waals surface area contributed by atoms with E-state index in [-0.39, 0.29) is 6.42 Å². The first-order valence-electron chi connectivity index (χ1n) is 16.3. The van der Waals surface area contributed by atoms with Crippen molar-refractivity contribution in [2.75, 3.05) is 19.7 Å². The molecule has 0 radical (unpaired) electrons. The van der Waals surface area contributed by atoms with Crippen LogP contribution in [0, 0.1) is 0 Å². The van der Waals surface area contributed by atoms with Crippen LogP contribution in [0.5, 0.6) is 0 Å². The molecule has 0 heterocycles. The van der Waals surface area contributed by atoms with Crippen LogP contribution in [-0.4, -0.2) is 137 Å². The van der Waals surface area contributed by atoms with Gasteiger partial charge in [-0.15, -0.1) is 0 Å². The molecular weight excluding hydrogens is 710 g/mol. The summed E-state index contributed by atoms with van der Waals surface area (Å²) >= 11 is 0. The topological polar surface area (TPSA) is 434 Å². The van der Waals surface area contributed by atoms with Crippen molar-refractivity contribution >= 4 is 59.1 Å². The Morgan fingerprint density at radius 3 is 1.62 bits per heavy atom. The van der Waals surface area contributed by atoms with E-state index in [4.69, 9.17) is 28.7 Å². The molecule has 0 aromatic rings. The van der Waals surface area contributed by atoms with E-state index in [1.165, 1.54) is 6.92 Å². The zero-order valence-corrected chi connectivity index (χ0v) is 29.1. The summed E-state index contributed by atoms with van der Waals surface area (Å²) in [6.45, 7) is -0.294. The fourth-order valence-electron chi connectivity index (χ4n) is 4.35. The number of hydrogen-bond acceptors (Lipinski definition) is 14. The molecule has 0 aliphatic carbocycles. The van der Waals surface area contributed by atoms with Gasteiger partial charge in [0, 0.05) is 12.8 Å². The van der Waals surface area contributed by atoms with E-state index < -0.39 is 147 Å². The predicted molar refractivity (Wildman–Crippen MR) is 181 cm³/mol. The van der Waals surface area contributed by atoms with Gasteiger partial charge in [0.1, 0.15) is 30.2 Å². The number of rotatable bonds is 27. The van der Waals surface area contributed by atoms with Crippen molar-refractivity contribution in [1.82, 2.24) is 31.9 Å². The molecule has 7 atom stereocenters. The summed E-state index contributed by atoms with van der Waals surface area (Å²) in [5, 5.41) is 42.0. The van der Waals surface area contributed by atoms with E-state index in [2.05, 4.69) is 26.6 Å². The second kappa shape index (κ2) is 24.7. The van der Waals surface area contributed by atoms with Crippen LogP contribution in [0.2, 0.25) is 0 Å². The number of unbranched alkanes of at least 4 members (excludes halogenated alkanes) is 1. The molecule has 0 rings (SSSR count). The molecule has 0 saturated heterocycles. The van der Waals surface area contributed by atoms with E-state index >= 15 is 0 Å². The third-order valence-corrected chi connectivity index (χ3v) is 7.27. The zero-order chi connectivity index (χ0) is 40.8. The second-order valence-corrected chi connectivity index (χ2v) is 11.8. The van der Waals surface area contributed by atoms with Crippen LogP contribution in [0.3, 0.4) is 0 Å². The van der Waals surface area contributed by atoms with Gasteiger partial charge in [0.2, 0.25) is 53.2 Å². The molecule has 0 spiro atoms. The smallest absolute Gasteiger partial charge is 0.326 e. The summed E-state index contributed by atoms with van der Waals surface area (Å²) < 4.78 is 0. The Hall–Kier alpha value is -5.46. The number of hydrogen-bond donors (Lipinski definition) is 14. The molecule has 0 aromatic heterocycles. The third kappa shape index (κ3) is 19.7. The van der Waals surface area contributed by atoms with E-state index in [0.717, 1.165) is 0 Å². The molecule has 0 bridgehead atoms. The number of amides is 9. The fourth-order valence-corrected chi connectivity index (χ4v) is 4.35. The SMILES string of the molecule is C[C@@H](O)[C@H](NC(=O)[C@@H](N)CCCCN)C(=O)NCC(=O)N[C@@H](CO)C(=O)N[C@@H](CCC(N)=O)C(=O)N[C@@H](CC(N)=O)C(=O)N[C@@H](CCC(N)=O)C(=O)O. The van der Waals surface area contributed by atoms with Crippen molar-refractivity contribution in [3.05, 3.63) is 0 Å². The number of carboxylic acids is 1. The van der Waals surface area contributed by atoms with Gasteiger partial charge < -0.3 is 75.9 Å². The fraction of sp³-hybridized carbons (Fsp3) is 0.655. The van der Waals surface area contributed by atoms with Gasteiger partial charge in [0.15, 0.2) is 0 Å². The van der Waals surface area contributed by atoms with Crippen LogP contribution in [-0.2, 0) is 47.9 Å². The van der Waals surface area contributed by atoms with Gasteiger partial charge in [0.25, 0.3) is 0 Å². The van der Waals surface area contributed by atoms with E-state index in [9.17, 15) is 63.3 Å². The van der Waals surface area contributed by atoms with Crippen molar-refractivity contribution < 1.29 is 63.3 Å². The van der Waals surface area contributed by atoms with Gasteiger partial charge in [-0.2, -0.15) is 0 Å². The number of nitrogens with one attached hydrogen (secondary N) is 6. The number of carboxylic acid groups (broad SMARTS) is 1. The largest absolute Gasteiger partial charge is 0.480 e. The highest BCUT2D eigenvalue weighted by atomic mass is 16.4. The van der Waals surface area contributed by atoms with Gasteiger partial charge in [0.05, 0.1) is 31.7 Å². The summed E-state index contributed by atoms with van der Waals surface area (Å²) in [4.78, 5) is 122. The Labute approximate surface area is 303 Å². The van der Waals surface area contributed by atoms with Crippen molar-refractivity contribution in [2.24, 2.45) is 28.7 Å². The molecule has 0 fully saturated rings. The quantitative estimate of drug-likeness (QED) is 0.0346. The monoisotopic (exact) mass is 761 g/mol. The van der Waals surface area contributed by atoms with E-state index in [0.29, 0.717) is 19.4 Å². The van der Waals surface area contributed by atoms with Crippen LogP contribution < -0.4 is 60.6 Å². The minimum absolute atomic E-state index is 0.255. The molecular formula is C29H51N11O13. The average Bonchev–Trinajstić information content (AvgIpc) is 3.07. The van der Waals surface area contributed by atoms with Gasteiger partial charge in [-0.05, 0) is 39.2 Å². The highest BCUT2D eigenvalue weighted by Gasteiger charge is 2.33. The second-order valence-electron chi connectivity index (χ2n) is 11.8. The Morgan fingerprint density at radius 1 is 0.623 bits per heavy atom. The average molecular weight is 762 g/mol. The Kier molecular flexibility index (Phi) is 22.1. The molecule has 300 valence electrons. The van der Waals surface area contributed by atoms with Crippen molar-refractivity contribution in [3.63, 3.8) is 0 Å². The Morgan fingerprint density at radius 2 is 1.13 bits per heavy atom. The summed E-state index contributed by atoms with van der Waals surface area (Å²) in [6.07, 6.45) is -2.77. The number of primary amides is 3. The number of aliphatic carboxylic acids is 1. The van der Waals surface area contributed by atoms with Crippen molar-refractivity contribution in [3.8, 4) is 0 Å². The summed E-state index contributed by atoms with van der Waals surface area (Å²) in [5.41, 5.74) is 26.6. The normalized spacial score (nSPS) is 14.7. The van der Waals surface area contributed by atoms with Gasteiger partial charge in [-0.1, -0.05) is 6.42 Å². The zero-order valence-electron chi connectivity index (χ0n) is 29.1. The van der Waals surface area contributed by atoms with Crippen LogP contribution in [0.25, 0.3) is 0 Å². The molecule has 0 aromatic carbocycles. The van der Waals surface area contributed by atoms with E-state index in [1.54, 1.807) is 0 Å². The summed E-state index contributed by atoms with van der Waals surface area (Å²) in [6, 6.07) is -9.49. The molecule has 24 nitrogen and oxygen atoms in total. The van der Waals surface area contributed by atoms with E-state index in [1.807, 2.05) is 5.32 Å². The number of carbonyl (C=O) groups is 10. The van der Waals surface area contributed by atoms with Gasteiger partial charge in [-0.3, -0.25) is 43.2 Å². The Balaban J connectivity index is 5.68. The predicted octanol–water partition coefficient (Wildman–Crippen LogP) is -8.15. The van der Waals surface area contributed by atoms with Crippen LogP contribution in [0.1, 0.15) is 58.3 Å². The molecule has 0 aliphatic rings. The lowest BCUT2D eigenvalue weighted by molar-refractivity contribution is -0.142. The lowest BCUT2D eigenvalue weighted by Gasteiger charge is -2.25. The molecule has 0 aliphatic heterocycles. The maximum atomic E-state index is 13.2. The summed E-state index contributed by atoms with van der Waals surface area (Å²) in [7, 11) is 0. The first-order chi connectivity index (χ1) is 24.7. The Bertz CT molecular complexity index is 1330. The molecule has 19 N–H and O–H groups in total. The molecule has 9 amide bonds. The standard InChI is InChI=1S/C29H51N11O13/c1-13(42)23(40-24(47)14(31)4-2-3-9-30)28(51)35-11-22(46)36-18(12-41)27(50)37-15(5-7-19(32)43)25(48)39-17(10-21(34)45)26(49)38-16(29(52)53)6-8-20(33)44/h13-18,23,41-42H,2-12,30-31H2,1H3,(H2,32,43)(H2,33,44)(H2,34,45)(H,35,51)(H,36,46)(H,37,50)(H,38,49)(H,39,48)(H,40,47)(H,52,53)/t13-,14+,15+,16+,17+,18+,23+/m1/s1. The van der Waals surface area contributed by atoms with Gasteiger partial charge in [-0.25, -0.2) is 4.79 Å². The van der Waals surface area contributed by atoms with Crippen molar-refractivity contribution in [1.29, 1.82) is 0 Å². The number of aliphatic hydroxyl groups is 2. The number of aliphatic hydroxyl groups excluding tert-OH is 2. The first-order valence-corrected chi connectivity index (χ1v) is 16.3. The van der Waals surface area contributed by atoms with Crippen LogP contribution in [0.15, 0.2) is 0 Å². The molecule has 53 heavy (non-hydrogen) atoms. The lowest BCUT2D eigenvalue weighted by atomic mass is 10.1. The molecule has 0 saturated carbocycles. The first kappa shape index (κ1) is 47.5. The highest BCUT2D eigenvalue weighted by Crippen LogP contribution is 2.05. The number of nitrogens with two attached hydrogens (primary N) is 5. The lowest BCUT2D eigenvalue weighted by Crippen LogP contribution is -2.59. The minimum atomic E-state index is -1.82. The summed E-state index contributed by atoms with van der Waals surface area (Å²) in [5.74, 6) is -10.9. The number of carbonyl (C=O) groups excluding carboxylic acids is 9. The highest BCUT2D eigenvalue weighted by molar-refractivity contribution is 5.97. The maximum Gasteiger partial charge on any atom is 0.326 e. The maximum absolute atomic E-state index is 13.2. The molecule has 24 heteroatoms. The minimum Gasteiger partial charge on any atom is -0.480 e. The van der Waals surface area contributed by atoms with Crippen molar-refractivity contribution in [2.45, 2.75) is 101 Å². The third-order valence-electron chi connectivity index (χ3n) is 7.27. The van der Waals surface area contributed by atoms with Crippen LogP contribution in [0.4, 0.5) is 0 Å².